The van der Waals surface area contributed by atoms with E-state index in [1.807, 2.05) is 6.92 Å². The minimum Gasteiger partial charge on any atom is -0.328 e. The zero-order valence-electron chi connectivity index (χ0n) is 7.32. The Labute approximate surface area is 71.8 Å². The van der Waals surface area contributed by atoms with E-state index in [0.29, 0.717) is 0 Å². The Morgan fingerprint density at radius 2 is 2.42 bits per heavy atom. The maximum Gasteiger partial charge on any atom is 0.134 e. The predicted octanol–water partition coefficient (Wildman–Crippen LogP) is 0.114. The molecule has 4 heteroatoms. The van der Waals surface area contributed by atoms with Gasteiger partial charge in [-0.3, -0.25) is 0 Å². The molecule has 1 aliphatic heterocycles. The monoisotopic (exact) mass is 166 g/mol. The van der Waals surface area contributed by atoms with Crippen LogP contribution in [-0.4, -0.2) is 20.8 Å². The number of hydrogen-bond donors (Lipinski definition) is 1. The zero-order chi connectivity index (χ0) is 8.55. The molecule has 1 aromatic rings. The molecule has 66 valence electrons. The average molecular weight is 166 g/mol. The molecule has 1 unspecified atom stereocenters. The summed E-state index contributed by atoms with van der Waals surface area (Å²) >= 11 is 0. The van der Waals surface area contributed by atoms with Crippen molar-refractivity contribution < 1.29 is 0 Å². The lowest BCUT2D eigenvalue weighted by atomic mass is 10.2. The van der Waals surface area contributed by atoms with Gasteiger partial charge in [0.2, 0.25) is 0 Å². The maximum absolute atomic E-state index is 5.70. The molecule has 1 aromatic heterocycles. The number of aromatic nitrogens is 3. The third kappa shape index (κ3) is 1.22. The van der Waals surface area contributed by atoms with Gasteiger partial charge in [-0.25, -0.2) is 0 Å². The van der Waals surface area contributed by atoms with Gasteiger partial charge < -0.3 is 10.3 Å². The summed E-state index contributed by atoms with van der Waals surface area (Å²) in [5.41, 5.74) is 5.70. The van der Waals surface area contributed by atoms with Crippen LogP contribution in [0.1, 0.15) is 25.0 Å². The van der Waals surface area contributed by atoms with Crippen molar-refractivity contribution in [2.75, 3.05) is 0 Å². The van der Waals surface area contributed by atoms with Gasteiger partial charge in [-0.05, 0) is 13.3 Å². The van der Waals surface area contributed by atoms with Crippen LogP contribution >= 0.6 is 0 Å². The lowest BCUT2D eigenvalue weighted by Gasteiger charge is -2.04. The van der Waals surface area contributed by atoms with Crippen LogP contribution in [0.3, 0.4) is 0 Å². The number of fused-ring (bicyclic) bond motifs is 1. The van der Waals surface area contributed by atoms with Crippen molar-refractivity contribution in [3.8, 4) is 0 Å². The topological polar surface area (TPSA) is 56.7 Å². The molecule has 2 N–H and O–H groups in total. The Morgan fingerprint density at radius 3 is 3.17 bits per heavy atom. The summed E-state index contributed by atoms with van der Waals surface area (Å²) in [6.45, 7) is 3.07. The van der Waals surface area contributed by atoms with Crippen molar-refractivity contribution in [3.63, 3.8) is 0 Å². The standard InChI is InChI=1S/C8H14N4/c1-6(9)5-8-11-10-7-3-2-4-12(7)8/h6H,2-5,9H2,1H3. The molecule has 0 aromatic carbocycles. The highest BCUT2D eigenvalue weighted by atomic mass is 15.3. The predicted molar refractivity (Wildman–Crippen MR) is 45.7 cm³/mol. The fourth-order valence-corrected chi connectivity index (χ4v) is 1.65. The third-order valence-electron chi connectivity index (χ3n) is 2.19. The van der Waals surface area contributed by atoms with E-state index in [9.17, 15) is 0 Å². The van der Waals surface area contributed by atoms with Gasteiger partial charge in [0.25, 0.3) is 0 Å². The van der Waals surface area contributed by atoms with Gasteiger partial charge in [0, 0.05) is 25.4 Å². The molecule has 0 bridgehead atoms. The SMILES string of the molecule is CC(N)Cc1nnc2n1CCC2. The Morgan fingerprint density at radius 1 is 1.58 bits per heavy atom. The second-order valence-corrected chi connectivity index (χ2v) is 3.47. The highest BCUT2D eigenvalue weighted by Crippen LogP contribution is 2.14. The number of rotatable bonds is 2. The Bertz CT molecular complexity index is 277. The highest BCUT2D eigenvalue weighted by molar-refractivity contribution is 5.01. The number of nitrogens with zero attached hydrogens (tertiary/aromatic N) is 3. The summed E-state index contributed by atoms with van der Waals surface area (Å²) in [7, 11) is 0. The molecule has 2 heterocycles. The molecule has 1 aliphatic rings. The molecular weight excluding hydrogens is 152 g/mol. The molecule has 0 saturated heterocycles. The van der Waals surface area contributed by atoms with Crippen LogP contribution in [-0.2, 0) is 19.4 Å². The van der Waals surface area contributed by atoms with Gasteiger partial charge >= 0.3 is 0 Å². The van der Waals surface area contributed by atoms with Gasteiger partial charge in [-0.15, -0.1) is 10.2 Å². The first kappa shape index (κ1) is 7.73. The largest absolute Gasteiger partial charge is 0.328 e. The molecule has 2 rings (SSSR count). The van der Waals surface area contributed by atoms with E-state index >= 15 is 0 Å². The van der Waals surface area contributed by atoms with Crippen molar-refractivity contribution in [3.05, 3.63) is 11.6 Å². The molecule has 0 amide bonds. The fraction of sp³-hybridized carbons (Fsp3) is 0.750. The third-order valence-corrected chi connectivity index (χ3v) is 2.19. The summed E-state index contributed by atoms with van der Waals surface area (Å²) in [6, 6.07) is 0.180. The van der Waals surface area contributed by atoms with Gasteiger partial charge in [-0.2, -0.15) is 0 Å². The van der Waals surface area contributed by atoms with Crippen LogP contribution in [0.15, 0.2) is 0 Å². The van der Waals surface area contributed by atoms with Crippen LogP contribution in [0.2, 0.25) is 0 Å². The van der Waals surface area contributed by atoms with Crippen molar-refractivity contribution >= 4 is 0 Å². The Kier molecular flexibility index (Phi) is 1.84. The lowest BCUT2D eigenvalue weighted by molar-refractivity contribution is 0.632. The summed E-state index contributed by atoms with van der Waals surface area (Å²) < 4.78 is 2.20. The van der Waals surface area contributed by atoms with Crippen molar-refractivity contribution in [1.29, 1.82) is 0 Å². The van der Waals surface area contributed by atoms with Crippen LogP contribution < -0.4 is 5.73 Å². The Balaban J connectivity index is 2.22. The van der Waals surface area contributed by atoms with E-state index in [-0.39, 0.29) is 6.04 Å². The van der Waals surface area contributed by atoms with Gasteiger partial charge in [-0.1, -0.05) is 0 Å². The summed E-state index contributed by atoms with van der Waals surface area (Å²) in [6.07, 6.45) is 3.12. The number of hydrogen-bond acceptors (Lipinski definition) is 3. The van der Waals surface area contributed by atoms with Gasteiger partial charge in [0.15, 0.2) is 0 Å². The van der Waals surface area contributed by atoms with E-state index < -0.39 is 0 Å². The van der Waals surface area contributed by atoms with Crippen molar-refractivity contribution in [2.45, 2.75) is 38.8 Å². The molecule has 4 nitrogen and oxygen atoms in total. The van der Waals surface area contributed by atoms with Gasteiger partial charge in [0.05, 0.1) is 0 Å². The van der Waals surface area contributed by atoms with E-state index in [1.165, 1.54) is 6.42 Å². The second-order valence-electron chi connectivity index (χ2n) is 3.47. The first-order valence-electron chi connectivity index (χ1n) is 4.44. The van der Waals surface area contributed by atoms with E-state index in [4.69, 9.17) is 5.73 Å². The molecular formula is C8H14N4. The smallest absolute Gasteiger partial charge is 0.134 e. The molecule has 12 heavy (non-hydrogen) atoms. The molecule has 0 radical (unpaired) electrons. The minimum absolute atomic E-state index is 0.180. The second kappa shape index (κ2) is 2.86. The average Bonchev–Trinajstić information content (AvgIpc) is 2.52. The lowest BCUT2D eigenvalue weighted by Crippen LogP contribution is -2.20. The van der Waals surface area contributed by atoms with Crippen LogP contribution in [0, 0.1) is 0 Å². The zero-order valence-corrected chi connectivity index (χ0v) is 7.32. The first-order valence-corrected chi connectivity index (χ1v) is 4.44. The molecule has 1 atom stereocenters. The van der Waals surface area contributed by atoms with Crippen molar-refractivity contribution in [1.82, 2.24) is 14.8 Å². The number of nitrogens with two attached hydrogens (primary N) is 1. The molecule has 0 fully saturated rings. The summed E-state index contributed by atoms with van der Waals surface area (Å²) in [4.78, 5) is 0. The van der Waals surface area contributed by atoms with E-state index in [2.05, 4.69) is 14.8 Å². The molecule has 0 saturated carbocycles. The maximum atomic E-state index is 5.70. The summed E-state index contributed by atoms with van der Waals surface area (Å²) in [5.74, 6) is 2.18. The van der Waals surface area contributed by atoms with Crippen LogP contribution in [0.25, 0.3) is 0 Å². The Hall–Kier alpha value is -0.900. The molecule has 0 spiro atoms. The molecule has 0 aliphatic carbocycles. The van der Waals surface area contributed by atoms with E-state index in [1.54, 1.807) is 0 Å². The normalized spacial score (nSPS) is 17.8. The number of aryl methyl sites for hydroxylation is 1. The first-order chi connectivity index (χ1) is 5.77. The fourth-order valence-electron chi connectivity index (χ4n) is 1.65. The quantitative estimate of drug-likeness (QED) is 0.678. The van der Waals surface area contributed by atoms with Crippen LogP contribution in [0.5, 0.6) is 0 Å². The van der Waals surface area contributed by atoms with Crippen molar-refractivity contribution in [2.24, 2.45) is 5.73 Å². The van der Waals surface area contributed by atoms with E-state index in [0.717, 1.165) is 31.0 Å². The van der Waals surface area contributed by atoms with Gasteiger partial charge in [0.1, 0.15) is 11.6 Å². The minimum atomic E-state index is 0.180. The van der Waals surface area contributed by atoms with Crippen LogP contribution in [0.4, 0.5) is 0 Å². The summed E-state index contributed by atoms with van der Waals surface area (Å²) in [5, 5.41) is 8.22. The highest BCUT2D eigenvalue weighted by Gasteiger charge is 2.17.